The third-order valence-electron chi connectivity index (χ3n) is 4.95. The average Bonchev–Trinajstić information content (AvgIpc) is 3.16. The van der Waals surface area contributed by atoms with Gasteiger partial charge < -0.3 is 5.32 Å². The first kappa shape index (κ1) is 16.9. The second kappa shape index (κ2) is 7.38. The zero-order valence-electron chi connectivity index (χ0n) is 15.4. The minimum Gasteiger partial charge on any atom is -0.306 e. The van der Waals surface area contributed by atoms with Crippen LogP contribution in [0.5, 0.6) is 0 Å². The lowest BCUT2D eigenvalue weighted by molar-refractivity contribution is 0.452. The molecule has 0 fully saturated rings. The first-order valence-electron chi connectivity index (χ1n) is 9.38. The van der Waals surface area contributed by atoms with E-state index in [9.17, 15) is 0 Å². The van der Waals surface area contributed by atoms with E-state index in [2.05, 4.69) is 47.6 Å². The lowest BCUT2D eigenvalue weighted by atomic mass is 9.92. The van der Waals surface area contributed by atoms with E-state index in [1.165, 1.54) is 16.8 Å². The summed E-state index contributed by atoms with van der Waals surface area (Å²) in [6.45, 7) is 5.10. The van der Waals surface area contributed by atoms with Crippen molar-refractivity contribution in [3.63, 3.8) is 0 Å². The van der Waals surface area contributed by atoms with Gasteiger partial charge in [0.05, 0.1) is 6.20 Å². The van der Waals surface area contributed by atoms with Gasteiger partial charge in [0.1, 0.15) is 0 Å². The van der Waals surface area contributed by atoms with Crippen LogP contribution in [0.1, 0.15) is 55.6 Å². The molecule has 2 aromatic heterocycles. The Kier molecular flexibility index (Phi) is 4.80. The molecular weight excluding hydrogens is 322 g/mol. The van der Waals surface area contributed by atoms with Gasteiger partial charge in [0.15, 0.2) is 5.82 Å². The summed E-state index contributed by atoms with van der Waals surface area (Å²) in [7, 11) is 0. The van der Waals surface area contributed by atoms with Crippen molar-refractivity contribution in [2.75, 3.05) is 0 Å². The molecule has 1 atom stereocenters. The van der Waals surface area contributed by atoms with E-state index < -0.39 is 0 Å². The molecule has 0 aliphatic heterocycles. The molecule has 0 saturated carbocycles. The number of hydrogen-bond acceptors (Lipinski definition) is 4. The average molecular weight is 347 g/mol. The van der Waals surface area contributed by atoms with Crippen molar-refractivity contribution >= 4 is 0 Å². The molecule has 5 nitrogen and oxygen atoms in total. The Morgan fingerprint density at radius 1 is 1.19 bits per heavy atom. The summed E-state index contributed by atoms with van der Waals surface area (Å²) >= 11 is 0. The maximum Gasteiger partial charge on any atom is 0.159 e. The smallest absolute Gasteiger partial charge is 0.159 e. The molecule has 26 heavy (non-hydrogen) atoms. The summed E-state index contributed by atoms with van der Waals surface area (Å²) in [4.78, 5) is 9.48. The van der Waals surface area contributed by atoms with Gasteiger partial charge in [-0.15, -0.1) is 0 Å². The van der Waals surface area contributed by atoms with Gasteiger partial charge in [-0.1, -0.05) is 30.3 Å². The van der Waals surface area contributed by atoms with E-state index in [1.807, 2.05) is 35.3 Å². The number of aromatic nitrogens is 4. The fourth-order valence-corrected chi connectivity index (χ4v) is 3.48. The Balaban J connectivity index is 1.50. The number of benzene rings is 1. The third kappa shape index (κ3) is 3.53. The molecule has 4 rings (SSSR count). The van der Waals surface area contributed by atoms with Crippen molar-refractivity contribution in [2.45, 2.75) is 51.7 Å². The number of fused-ring (bicyclic) bond motifs is 1. The molecule has 3 aromatic rings. The fourth-order valence-electron chi connectivity index (χ4n) is 3.48. The number of rotatable bonds is 5. The summed E-state index contributed by atoms with van der Waals surface area (Å²) in [6, 6.07) is 10.9. The van der Waals surface area contributed by atoms with Gasteiger partial charge in [-0.25, -0.2) is 9.97 Å². The molecule has 1 aliphatic rings. The van der Waals surface area contributed by atoms with Gasteiger partial charge in [0, 0.05) is 53.4 Å². The van der Waals surface area contributed by atoms with Gasteiger partial charge in [-0.2, -0.15) is 5.10 Å². The largest absolute Gasteiger partial charge is 0.306 e. The van der Waals surface area contributed by atoms with Crippen molar-refractivity contribution in [1.29, 1.82) is 0 Å². The van der Waals surface area contributed by atoms with Crippen LogP contribution in [0.25, 0.3) is 11.4 Å². The summed E-state index contributed by atoms with van der Waals surface area (Å²) in [5.74, 6) is 0.822. The topological polar surface area (TPSA) is 55.6 Å². The van der Waals surface area contributed by atoms with E-state index in [0.717, 1.165) is 37.2 Å². The molecule has 0 unspecified atom stereocenters. The van der Waals surface area contributed by atoms with E-state index in [0.29, 0.717) is 12.1 Å². The highest BCUT2D eigenvalue weighted by Gasteiger charge is 2.22. The molecule has 2 heterocycles. The maximum absolute atomic E-state index is 4.85. The highest BCUT2D eigenvalue weighted by atomic mass is 15.3. The molecule has 134 valence electrons. The fraction of sp³-hybridized carbons (Fsp3) is 0.381. The van der Waals surface area contributed by atoms with Crippen molar-refractivity contribution in [3.05, 3.63) is 65.7 Å². The molecule has 0 amide bonds. The Labute approximate surface area is 154 Å². The number of aryl methyl sites for hydroxylation is 1. The Morgan fingerprint density at radius 2 is 2.04 bits per heavy atom. The second-order valence-electron chi connectivity index (χ2n) is 7.21. The Morgan fingerprint density at radius 3 is 2.81 bits per heavy atom. The first-order chi connectivity index (χ1) is 12.7. The van der Waals surface area contributed by atoms with Crippen LogP contribution in [0.4, 0.5) is 0 Å². The minimum atomic E-state index is 0.311. The van der Waals surface area contributed by atoms with Crippen molar-refractivity contribution in [2.24, 2.45) is 0 Å². The maximum atomic E-state index is 4.85. The number of nitrogens with zero attached hydrogens (tertiary/aromatic N) is 4. The zero-order chi connectivity index (χ0) is 17.9. The molecule has 0 saturated heterocycles. The molecule has 1 aliphatic carbocycles. The third-order valence-corrected chi connectivity index (χ3v) is 4.95. The van der Waals surface area contributed by atoms with E-state index in [-0.39, 0.29) is 0 Å². The van der Waals surface area contributed by atoms with E-state index in [1.54, 1.807) is 0 Å². The second-order valence-corrected chi connectivity index (χ2v) is 7.21. The molecule has 0 radical (unpaired) electrons. The number of hydrogen-bond donors (Lipinski definition) is 1. The van der Waals surface area contributed by atoms with Crippen LogP contribution >= 0.6 is 0 Å². The van der Waals surface area contributed by atoms with Gasteiger partial charge in [0.25, 0.3) is 0 Å². The van der Waals surface area contributed by atoms with Crippen molar-refractivity contribution in [1.82, 2.24) is 25.1 Å². The molecular formula is C21H25N5. The van der Waals surface area contributed by atoms with Gasteiger partial charge in [0.2, 0.25) is 0 Å². The van der Waals surface area contributed by atoms with Gasteiger partial charge in [-0.05, 0) is 33.1 Å². The molecule has 1 aromatic carbocycles. The van der Waals surface area contributed by atoms with Crippen LogP contribution in [0.2, 0.25) is 0 Å². The van der Waals surface area contributed by atoms with E-state index >= 15 is 0 Å². The standard InChI is InChI=1S/C21H25N5/c1-15(2)26-14-16(12-24-26)11-22-19-9-6-10-20-18(19)13-23-21(25-20)17-7-4-3-5-8-17/h3-5,7-8,12-15,19,22H,6,9-11H2,1-2H3/t19-/m0/s1. The summed E-state index contributed by atoms with van der Waals surface area (Å²) < 4.78 is 2.00. The number of nitrogens with one attached hydrogen (secondary N) is 1. The predicted octanol–water partition coefficient (Wildman–Crippen LogP) is 4.09. The SMILES string of the molecule is CC(C)n1cc(CN[C@H]2CCCc3nc(-c4ccccc4)ncc32)cn1. The van der Waals surface area contributed by atoms with Crippen LogP contribution in [0.15, 0.2) is 48.9 Å². The molecule has 0 spiro atoms. The quantitative estimate of drug-likeness (QED) is 0.755. The van der Waals surface area contributed by atoms with Crippen LogP contribution in [-0.4, -0.2) is 19.7 Å². The highest BCUT2D eigenvalue weighted by molar-refractivity contribution is 5.55. The van der Waals surface area contributed by atoms with Gasteiger partial charge in [-0.3, -0.25) is 4.68 Å². The summed E-state index contributed by atoms with van der Waals surface area (Å²) in [5.41, 5.74) is 4.71. The first-order valence-corrected chi connectivity index (χ1v) is 9.38. The lowest BCUT2D eigenvalue weighted by Gasteiger charge is -2.25. The van der Waals surface area contributed by atoms with Crippen LogP contribution in [0.3, 0.4) is 0 Å². The molecule has 5 heteroatoms. The monoisotopic (exact) mass is 347 g/mol. The lowest BCUT2D eigenvalue weighted by Crippen LogP contribution is -2.25. The summed E-state index contributed by atoms with van der Waals surface area (Å²) in [5, 5.41) is 8.09. The molecule has 0 bridgehead atoms. The summed E-state index contributed by atoms with van der Waals surface area (Å²) in [6.07, 6.45) is 9.39. The predicted molar refractivity (Wildman–Crippen MR) is 103 cm³/mol. The Bertz CT molecular complexity index is 869. The van der Waals surface area contributed by atoms with Crippen molar-refractivity contribution < 1.29 is 0 Å². The van der Waals surface area contributed by atoms with Crippen LogP contribution < -0.4 is 5.32 Å². The normalized spacial score (nSPS) is 16.7. The Hall–Kier alpha value is -2.53. The molecule has 1 N–H and O–H groups in total. The highest BCUT2D eigenvalue weighted by Crippen LogP contribution is 2.29. The van der Waals surface area contributed by atoms with E-state index in [4.69, 9.17) is 4.98 Å². The minimum absolute atomic E-state index is 0.311. The van der Waals surface area contributed by atoms with Gasteiger partial charge >= 0.3 is 0 Å². The van der Waals surface area contributed by atoms with Crippen LogP contribution in [-0.2, 0) is 13.0 Å². The zero-order valence-corrected chi connectivity index (χ0v) is 15.4. The van der Waals surface area contributed by atoms with Crippen LogP contribution in [0, 0.1) is 0 Å². The van der Waals surface area contributed by atoms with Crippen molar-refractivity contribution in [3.8, 4) is 11.4 Å².